The van der Waals surface area contributed by atoms with E-state index in [1.807, 2.05) is 0 Å². The highest BCUT2D eigenvalue weighted by Gasteiger charge is 2.32. The standard InChI is InChI=1S/C11H15ClN2O2S/c1-11(2)7-16-4-3-14(11)10-13-8(6-17-10)9(15)5-12/h6H,3-5,7H2,1-2H3. The van der Waals surface area contributed by atoms with Gasteiger partial charge in [0.2, 0.25) is 0 Å². The van der Waals surface area contributed by atoms with Crippen molar-refractivity contribution in [3.63, 3.8) is 0 Å². The lowest BCUT2D eigenvalue weighted by Crippen LogP contribution is -2.53. The summed E-state index contributed by atoms with van der Waals surface area (Å²) < 4.78 is 5.46. The highest BCUT2D eigenvalue weighted by atomic mass is 35.5. The fourth-order valence-electron chi connectivity index (χ4n) is 1.80. The molecule has 0 spiro atoms. The monoisotopic (exact) mass is 274 g/mol. The van der Waals surface area contributed by atoms with Crippen molar-refractivity contribution in [3.05, 3.63) is 11.1 Å². The number of hydrogen-bond donors (Lipinski definition) is 0. The number of thiazole rings is 1. The summed E-state index contributed by atoms with van der Waals surface area (Å²) in [6.45, 7) is 6.38. The van der Waals surface area contributed by atoms with Crippen LogP contribution >= 0.6 is 22.9 Å². The van der Waals surface area contributed by atoms with Crippen molar-refractivity contribution in [2.24, 2.45) is 0 Å². The van der Waals surface area contributed by atoms with Crippen molar-refractivity contribution in [1.29, 1.82) is 0 Å². The maximum Gasteiger partial charge on any atom is 0.196 e. The number of morpholine rings is 1. The van der Waals surface area contributed by atoms with E-state index in [2.05, 4.69) is 23.7 Å². The van der Waals surface area contributed by atoms with Gasteiger partial charge in [-0.05, 0) is 13.8 Å². The Morgan fingerprint density at radius 2 is 2.47 bits per heavy atom. The molecule has 1 fully saturated rings. The zero-order valence-electron chi connectivity index (χ0n) is 9.90. The molecule has 1 aliphatic rings. The zero-order chi connectivity index (χ0) is 12.5. The second-order valence-corrected chi connectivity index (χ2v) is 5.69. The molecule has 0 N–H and O–H groups in total. The molecule has 0 atom stereocenters. The van der Waals surface area contributed by atoms with Gasteiger partial charge in [0.05, 0.1) is 24.6 Å². The minimum atomic E-state index is -0.125. The van der Waals surface area contributed by atoms with Crippen LogP contribution in [0.1, 0.15) is 24.3 Å². The van der Waals surface area contributed by atoms with Crippen LogP contribution in [0.4, 0.5) is 5.13 Å². The Balaban J connectivity index is 2.21. The molecule has 94 valence electrons. The van der Waals surface area contributed by atoms with E-state index in [4.69, 9.17) is 16.3 Å². The Bertz CT molecular complexity index is 419. The SMILES string of the molecule is CC1(C)COCCN1c1nc(C(=O)CCl)cs1. The number of nitrogens with zero attached hydrogens (tertiary/aromatic N) is 2. The maximum atomic E-state index is 11.4. The van der Waals surface area contributed by atoms with Crippen LogP contribution < -0.4 is 4.90 Å². The normalized spacial score (nSPS) is 19.4. The summed E-state index contributed by atoms with van der Waals surface area (Å²) in [5, 5.41) is 2.64. The Hall–Kier alpha value is -0.650. The third kappa shape index (κ3) is 2.61. The van der Waals surface area contributed by atoms with Gasteiger partial charge >= 0.3 is 0 Å². The predicted molar refractivity (Wildman–Crippen MR) is 69.4 cm³/mol. The van der Waals surface area contributed by atoms with Crippen molar-refractivity contribution >= 4 is 33.9 Å². The lowest BCUT2D eigenvalue weighted by molar-refractivity contribution is 0.0643. The Morgan fingerprint density at radius 1 is 1.71 bits per heavy atom. The largest absolute Gasteiger partial charge is 0.377 e. The van der Waals surface area contributed by atoms with Gasteiger partial charge in [-0.25, -0.2) is 4.98 Å². The van der Waals surface area contributed by atoms with E-state index < -0.39 is 0 Å². The number of carbonyl (C=O) groups is 1. The first kappa shape index (κ1) is 12.8. The number of ketones is 1. The number of Topliss-reactive ketones (excluding diaryl/α,β-unsaturated/α-hetero) is 1. The van der Waals surface area contributed by atoms with Crippen molar-refractivity contribution in [2.75, 3.05) is 30.5 Å². The van der Waals surface area contributed by atoms with Gasteiger partial charge in [-0.2, -0.15) is 0 Å². The second kappa shape index (κ2) is 4.92. The smallest absolute Gasteiger partial charge is 0.196 e. The zero-order valence-corrected chi connectivity index (χ0v) is 11.5. The fourth-order valence-corrected chi connectivity index (χ4v) is 2.95. The van der Waals surface area contributed by atoms with Crippen LogP contribution in [0.2, 0.25) is 0 Å². The highest BCUT2D eigenvalue weighted by Crippen LogP contribution is 2.29. The van der Waals surface area contributed by atoms with Crippen molar-refractivity contribution < 1.29 is 9.53 Å². The first-order valence-corrected chi connectivity index (χ1v) is 6.86. The third-order valence-corrected chi connectivity index (χ3v) is 3.88. The molecule has 6 heteroatoms. The summed E-state index contributed by atoms with van der Waals surface area (Å²) in [6, 6.07) is 0. The van der Waals surface area contributed by atoms with Gasteiger partial charge in [-0.3, -0.25) is 4.79 Å². The number of halogens is 1. The maximum absolute atomic E-state index is 11.4. The lowest BCUT2D eigenvalue weighted by Gasteiger charge is -2.41. The van der Waals surface area contributed by atoms with E-state index in [9.17, 15) is 4.79 Å². The number of hydrogen-bond acceptors (Lipinski definition) is 5. The summed E-state index contributed by atoms with van der Waals surface area (Å²) in [7, 11) is 0. The predicted octanol–water partition coefficient (Wildman–Crippen LogP) is 2.18. The Morgan fingerprint density at radius 3 is 3.12 bits per heavy atom. The number of aromatic nitrogens is 1. The molecular formula is C11H15ClN2O2S. The van der Waals surface area contributed by atoms with Gasteiger partial charge in [0.25, 0.3) is 0 Å². The molecule has 0 aliphatic carbocycles. The minimum Gasteiger partial charge on any atom is -0.377 e. The molecule has 0 saturated carbocycles. The van der Waals surface area contributed by atoms with Gasteiger partial charge in [-0.1, -0.05) is 0 Å². The molecule has 1 aliphatic heterocycles. The topological polar surface area (TPSA) is 42.4 Å². The van der Waals surface area contributed by atoms with E-state index in [0.717, 1.165) is 11.7 Å². The molecule has 2 heterocycles. The number of anilines is 1. The average Bonchev–Trinajstić information content (AvgIpc) is 2.76. The lowest BCUT2D eigenvalue weighted by atomic mass is 10.0. The summed E-state index contributed by atoms with van der Waals surface area (Å²) in [4.78, 5) is 18.0. The van der Waals surface area contributed by atoms with E-state index >= 15 is 0 Å². The van der Waals surface area contributed by atoms with Gasteiger partial charge in [0.1, 0.15) is 5.69 Å². The molecule has 0 amide bonds. The molecule has 0 aromatic carbocycles. The van der Waals surface area contributed by atoms with Gasteiger partial charge < -0.3 is 9.64 Å². The quantitative estimate of drug-likeness (QED) is 0.626. The van der Waals surface area contributed by atoms with Crippen LogP contribution in [-0.2, 0) is 4.74 Å². The van der Waals surface area contributed by atoms with E-state index in [-0.39, 0.29) is 17.2 Å². The number of alkyl halides is 1. The molecule has 1 aromatic heterocycles. The molecule has 1 saturated heterocycles. The molecule has 17 heavy (non-hydrogen) atoms. The summed E-state index contributed by atoms with van der Waals surface area (Å²) in [5.41, 5.74) is 0.375. The van der Waals surface area contributed by atoms with E-state index in [0.29, 0.717) is 18.9 Å². The molecule has 0 unspecified atom stereocenters. The van der Waals surface area contributed by atoms with Crippen LogP contribution in [0.25, 0.3) is 0 Å². The van der Waals surface area contributed by atoms with Crippen LogP contribution in [-0.4, -0.2) is 41.9 Å². The Labute approximate surface area is 110 Å². The van der Waals surface area contributed by atoms with Gasteiger partial charge in [0.15, 0.2) is 10.9 Å². The first-order chi connectivity index (χ1) is 8.04. The van der Waals surface area contributed by atoms with Crippen LogP contribution in [0.5, 0.6) is 0 Å². The fraction of sp³-hybridized carbons (Fsp3) is 0.636. The molecule has 0 bridgehead atoms. The molecular weight excluding hydrogens is 260 g/mol. The second-order valence-electron chi connectivity index (χ2n) is 4.59. The number of carbonyl (C=O) groups excluding carboxylic acids is 1. The van der Waals surface area contributed by atoms with Crippen molar-refractivity contribution in [1.82, 2.24) is 4.98 Å². The highest BCUT2D eigenvalue weighted by molar-refractivity contribution is 7.14. The summed E-state index contributed by atoms with van der Waals surface area (Å²) >= 11 is 7.00. The number of ether oxygens (including phenoxy) is 1. The summed E-state index contributed by atoms with van der Waals surface area (Å²) in [5.74, 6) is -0.143. The third-order valence-electron chi connectivity index (χ3n) is 2.78. The molecule has 2 rings (SSSR count). The number of rotatable bonds is 3. The van der Waals surface area contributed by atoms with Crippen molar-refractivity contribution in [3.8, 4) is 0 Å². The van der Waals surface area contributed by atoms with E-state index in [1.54, 1.807) is 5.38 Å². The van der Waals surface area contributed by atoms with Crippen LogP contribution in [0.15, 0.2) is 5.38 Å². The average molecular weight is 275 g/mol. The molecule has 1 aromatic rings. The first-order valence-electron chi connectivity index (χ1n) is 5.44. The minimum absolute atomic E-state index is 0.0182. The van der Waals surface area contributed by atoms with Gasteiger partial charge in [0, 0.05) is 11.9 Å². The van der Waals surface area contributed by atoms with Crippen LogP contribution in [0, 0.1) is 0 Å². The molecule has 4 nitrogen and oxygen atoms in total. The van der Waals surface area contributed by atoms with Crippen LogP contribution in [0.3, 0.4) is 0 Å². The summed E-state index contributed by atoms with van der Waals surface area (Å²) in [6.07, 6.45) is 0. The molecule has 0 radical (unpaired) electrons. The van der Waals surface area contributed by atoms with E-state index in [1.165, 1.54) is 11.3 Å². The Kier molecular flexibility index (Phi) is 3.70. The van der Waals surface area contributed by atoms with Crippen molar-refractivity contribution in [2.45, 2.75) is 19.4 Å². The van der Waals surface area contributed by atoms with Gasteiger partial charge in [-0.15, -0.1) is 22.9 Å².